The number of pyridine rings is 1. The molecule has 1 amide bonds. The van der Waals surface area contributed by atoms with Crippen molar-refractivity contribution < 1.29 is 13.2 Å². The molecule has 5 aromatic heterocycles. The minimum Gasteiger partial charge on any atom is -0.382 e. The van der Waals surface area contributed by atoms with Crippen LogP contribution < -0.4 is 5.73 Å². The predicted molar refractivity (Wildman–Crippen MR) is 151 cm³/mol. The second-order valence-corrected chi connectivity index (χ2v) is 13.6. The van der Waals surface area contributed by atoms with Crippen molar-refractivity contribution in [3.63, 3.8) is 0 Å². The molecule has 0 aromatic carbocycles. The van der Waals surface area contributed by atoms with Crippen LogP contribution in [-0.4, -0.2) is 77.5 Å². The molecule has 7 heterocycles. The molecule has 13 nitrogen and oxygen atoms in total. The number of rotatable bonds is 5. The molecule has 7 rings (SSSR count). The number of nitrogens with two attached hydrogens (primary N) is 1. The first kappa shape index (κ1) is 25.7. The van der Waals surface area contributed by atoms with Crippen molar-refractivity contribution in [2.24, 2.45) is 0 Å². The van der Waals surface area contributed by atoms with Crippen LogP contribution in [0.3, 0.4) is 0 Å². The topological polar surface area (TPSA) is 178 Å². The highest BCUT2D eigenvalue weighted by molar-refractivity contribution is 7.91. The third-order valence-corrected chi connectivity index (χ3v) is 9.91. The molecule has 2 saturated heterocycles. The van der Waals surface area contributed by atoms with E-state index < -0.39 is 9.84 Å². The standard InChI is InChI=1S/C26H26N10O3S2/c1-13-31-21(12-40-13)19-6-3-14(9-28-19)18-10-30-36-24(27)23(41(2,38)39)22(32-25(18)36)15-7-16-4-5-17(8-15)35(16)26(37)20-11-29-34-33-20/h3,6,9-12,15-17H,4-5,7-8,27H2,1-2H3,(H,29,33,34)/t15-,16-,17+. The molecule has 0 unspecified atom stereocenters. The van der Waals surface area contributed by atoms with Crippen LogP contribution in [0.15, 0.2) is 41.0 Å². The van der Waals surface area contributed by atoms with Crippen LogP contribution in [0.4, 0.5) is 5.82 Å². The number of thiazole rings is 1. The van der Waals surface area contributed by atoms with Gasteiger partial charge < -0.3 is 10.6 Å². The maximum Gasteiger partial charge on any atom is 0.276 e. The van der Waals surface area contributed by atoms with Crippen molar-refractivity contribution in [2.45, 2.75) is 55.5 Å². The van der Waals surface area contributed by atoms with Crippen molar-refractivity contribution in [1.29, 1.82) is 0 Å². The zero-order chi connectivity index (χ0) is 28.5. The van der Waals surface area contributed by atoms with Crippen molar-refractivity contribution in [3.05, 3.63) is 52.5 Å². The normalized spacial score (nSPS) is 20.6. The van der Waals surface area contributed by atoms with E-state index in [0.717, 1.165) is 41.1 Å². The average molecular weight is 591 g/mol. The Morgan fingerprint density at radius 2 is 1.88 bits per heavy atom. The molecule has 41 heavy (non-hydrogen) atoms. The number of fused-ring (bicyclic) bond motifs is 3. The van der Waals surface area contributed by atoms with Crippen LogP contribution in [-0.2, 0) is 9.84 Å². The molecule has 5 aromatic rings. The highest BCUT2D eigenvalue weighted by Crippen LogP contribution is 2.45. The number of H-pyrrole nitrogens is 1. The van der Waals surface area contributed by atoms with Gasteiger partial charge in [0.05, 0.1) is 34.5 Å². The number of hydrogen-bond acceptors (Lipinski definition) is 11. The lowest BCUT2D eigenvalue weighted by Gasteiger charge is -2.38. The lowest BCUT2D eigenvalue weighted by molar-refractivity contribution is 0.0562. The average Bonchev–Trinajstić information content (AvgIpc) is 3.74. The molecule has 3 N–H and O–H groups in total. The molecular formula is C26H26N10O3S2. The molecule has 2 fully saturated rings. The highest BCUT2D eigenvalue weighted by atomic mass is 32.2. The fourth-order valence-electron chi connectivity index (χ4n) is 6.23. The number of sulfone groups is 1. The van der Waals surface area contributed by atoms with Gasteiger partial charge in [0.15, 0.2) is 21.2 Å². The highest BCUT2D eigenvalue weighted by Gasteiger charge is 2.46. The summed E-state index contributed by atoms with van der Waals surface area (Å²) in [5.74, 6) is -0.352. The minimum atomic E-state index is -3.74. The number of nitrogens with zero attached hydrogens (tertiary/aromatic N) is 8. The summed E-state index contributed by atoms with van der Waals surface area (Å²) in [6, 6.07) is 3.68. The summed E-state index contributed by atoms with van der Waals surface area (Å²) in [4.78, 5) is 29.0. The van der Waals surface area contributed by atoms with Crippen molar-refractivity contribution in [1.82, 2.24) is 44.9 Å². The summed E-state index contributed by atoms with van der Waals surface area (Å²) in [5.41, 5.74) is 10.7. The van der Waals surface area contributed by atoms with Crippen molar-refractivity contribution in [3.8, 4) is 22.5 Å². The summed E-state index contributed by atoms with van der Waals surface area (Å²) < 4.78 is 27.5. The van der Waals surface area contributed by atoms with E-state index in [1.165, 1.54) is 10.7 Å². The van der Waals surface area contributed by atoms with Gasteiger partial charge in [-0.2, -0.15) is 25.0 Å². The van der Waals surface area contributed by atoms with E-state index in [0.29, 0.717) is 29.7 Å². The van der Waals surface area contributed by atoms with Gasteiger partial charge in [0, 0.05) is 47.0 Å². The van der Waals surface area contributed by atoms with Gasteiger partial charge in [-0.1, -0.05) is 6.07 Å². The number of hydrogen-bond donors (Lipinski definition) is 2. The summed E-state index contributed by atoms with van der Waals surface area (Å²) in [7, 11) is -3.74. The van der Waals surface area contributed by atoms with Gasteiger partial charge in [-0.15, -0.1) is 11.3 Å². The fraction of sp³-hybridized carbons (Fsp3) is 0.346. The Morgan fingerprint density at radius 1 is 1.10 bits per heavy atom. The number of nitrogen functional groups attached to an aromatic ring is 1. The summed E-state index contributed by atoms with van der Waals surface area (Å²) in [5, 5.41) is 17.6. The molecule has 15 heteroatoms. The molecule has 0 spiro atoms. The maximum absolute atomic E-state index is 13.2. The van der Waals surface area contributed by atoms with E-state index in [1.807, 2.05) is 29.3 Å². The molecule has 2 aliphatic rings. The van der Waals surface area contributed by atoms with Gasteiger partial charge in [-0.3, -0.25) is 9.78 Å². The maximum atomic E-state index is 13.2. The number of carbonyl (C=O) groups excluding carboxylic acids is 1. The Morgan fingerprint density at radius 3 is 2.49 bits per heavy atom. The number of piperidine rings is 1. The Kier molecular flexibility index (Phi) is 5.90. The molecule has 0 saturated carbocycles. The van der Waals surface area contributed by atoms with Gasteiger partial charge in [-0.25, -0.2) is 18.4 Å². The van der Waals surface area contributed by atoms with Gasteiger partial charge in [0.25, 0.3) is 5.91 Å². The molecule has 210 valence electrons. The second-order valence-electron chi connectivity index (χ2n) is 10.6. The lowest BCUT2D eigenvalue weighted by Crippen LogP contribution is -2.46. The third kappa shape index (κ3) is 4.26. The Bertz CT molecular complexity index is 1880. The van der Waals surface area contributed by atoms with Gasteiger partial charge in [0.2, 0.25) is 0 Å². The predicted octanol–water partition coefficient (Wildman–Crippen LogP) is 2.88. The lowest BCUT2D eigenvalue weighted by atomic mass is 9.87. The molecule has 2 bridgehead atoms. The smallest absolute Gasteiger partial charge is 0.276 e. The quantitative estimate of drug-likeness (QED) is 0.309. The number of amides is 1. The van der Waals surface area contributed by atoms with Crippen LogP contribution in [0.25, 0.3) is 28.2 Å². The monoisotopic (exact) mass is 590 g/mol. The first-order valence-corrected chi connectivity index (χ1v) is 15.9. The van der Waals surface area contributed by atoms with Crippen LogP contribution in [0, 0.1) is 6.92 Å². The van der Waals surface area contributed by atoms with Gasteiger partial charge in [0.1, 0.15) is 10.7 Å². The molecule has 3 atom stereocenters. The van der Waals surface area contributed by atoms with Gasteiger partial charge in [-0.05, 0) is 38.7 Å². The molecule has 0 aliphatic carbocycles. The van der Waals surface area contributed by atoms with Crippen molar-refractivity contribution >= 4 is 38.5 Å². The van der Waals surface area contributed by atoms with E-state index in [9.17, 15) is 13.2 Å². The number of aryl methyl sites for hydroxylation is 1. The number of carbonyl (C=O) groups is 1. The Labute approximate surface area is 238 Å². The zero-order valence-electron chi connectivity index (χ0n) is 22.2. The fourth-order valence-corrected chi connectivity index (χ4v) is 7.90. The number of anilines is 1. The van der Waals surface area contributed by atoms with E-state index in [1.54, 1.807) is 23.7 Å². The Hall–Kier alpha value is -4.24. The summed E-state index contributed by atoms with van der Waals surface area (Å²) in [6.45, 7) is 1.95. The van der Waals surface area contributed by atoms with Crippen LogP contribution in [0.1, 0.15) is 52.8 Å². The van der Waals surface area contributed by atoms with Gasteiger partial charge >= 0.3 is 0 Å². The molecule has 2 aliphatic heterocycles. The first-order valence-electron chi connectivity index (χ1n) is 13.1. The van der Waals surface area contributed by atoms with Crippen LogP contribution in [0.2, 0.25) is 0 Å². The van der Waals surface area contributed by atoms with E-state index in [-0.39, 0.29) is 40.3 Å². The van der Waals surface area contributed by atoms with Crippen molar-refractivity contribution in [2.75, 3.05) is 12.0 Å². The Balaban J connectivity index is 1.28. The first-order chi connectivity index (χ1) is 19.7. The number of aromatic nitrogens is 8. The largest absolute Gasteiger partial charge is 0.382 e. The SMILES string of the molecule is Cc1nc(-c2ccc(-c3cnn4c(N)c(S(C)(=O)=O)c([C@@H]5C[C@H]6CC[C@@H](C5)N6C(=O)c5cn[nH]n5)nc34)cn2)cs1. The van der Waals surface area contributed by atoms with Crippen LogP contribution in [0.5, 0.6) is 0 Å². The number of aromatic amines is 1. The molecular weight excluding hydrogens is 564 g/mol. The summed E-state index contributed by atoms with van der Waals surface area (Å²) in [6.07, 6.45) is 8.71. The summed E-state index contributed by atoms with van der Waals surface area (Å²) >= 11 is 1.56. The number of nitrogens with one attached hydrogen (secondary N) is 1. The van der Waals surface area contributed by atoms with E-state index in [2.05, 4.69) is 30.5 Å². The van der Waals surface area contributed by atoms with Crippen LogP contribution >= 0.6 is 11.3 Å². The molecule has 0 radical (unpaired) electrons. The van der Waals surface area contributed by atoms with E-state index >= 15 is 0 Å². The second kappa shape index (κ2) is 9.41. The third-order valence-electron chi connectivity index (χ3n) is 7.98. The van der Waals surface area contributed by atoms with E-state index in [4.69, 9.17) is 10.7 Å². The minimum absolute atomic E-state index is 0.00676. The zero-order valence-corrected chi connectivity index (χ0v) is 23.9.